The Kier molecular flexibility index (Phi) is 5.45. The van der Waals surface area contributed by atoms with Gasteiger partial charge >= 0.3 is 0 Å². The second-order valence-corrected chi connectivity index (χ2v) is 7.72. The van der Waals surface area contributed by atoms with E-state index in [4.69, 9.17) is 4.74 Å². The molecule has 2 aliphatic rings. The van der Waals surface area contributed by atoms with Crippen molar-refractivity contribution in [1.29, 1.82) is 5.26 Å². The number of allylic oxidation sites excluding steroid dienone is 1. The Morgan fingerprint density at radius 3 is 2.76 bits per heavy atom. The largest absolute Gasteiger partial charge is 0.492 e. The predicted octanol–water partition coefficient (Wildman–Crippen LogP) is 4.44. The van der Waals surface area contributed by atoms with Crippen LogP contribution in [0.2, 0.25) is 0 Å². The number of para-hydroxylation sites is 2. The Morgan fingerprint density at radius 2 is 2.00 bits per heavy atom. The number of benzene rings is 2. The van der Waals surface area contributed by atoms with Crippen LogP contribution in [-0.4, -0.2) is 30.0 Å². The summed E-state index contributed by atoms with van der Waals surface area (Å²) in [5.74, 6) is 0.281. The van der Waals surface area contributed by atoms with Crippen LogP contribution in [0.25, 0.3) is 0 Å². The van der Waals surface area contributed by atoms with Gasteiger partial charge in [-0.15, -0.1) is 0 Å². The number of nitrogens with zero attached hydrogens (tertiary/aromatic N) is 3. The lowest BCUT2D eigenvalue weighted by Gasteiger charge is -2.42. The van der Waals surface area contributed by atoms with Crippen LogP contribution >= 0.6 is 11.8 Å². The topological polar surface area (TPSA) is 56.6 Å². The highest BCUT2D eigenvalue weighted by atomic mass is 32.2. The summed E-state index contributed by atoms with van der Waals surface area (Å²) in [6, 6.07) is 16.3. The molecule has 0 N–H and O–H groups in total. The minimum absolute atomic E-state index is 0.0782. The molecule has 2 heterocycles. The highest BCUT2D eigenvalue weighted by Gasteiger charge is 2.39. The molecular formula is C22H20FN3O2S. The highest BCUT2D eigenvalue weighted by Crippen LogP contribution is 2.44. The van der Waals surface area contributed by atoms with Gasteiger partial charge in [0.1, 0.15) is 11.6 Å². The van der Waals surface area contributed by atoms with E-state index in [9.17, 15) is 14.4 Å². The molecule has 4 rings (SSSR count). The van der Waals surface area contributed by atoms with Gasteiger partial charge in [0.2, 0.25) is 5.91 Å². The van der Waals surface area contributed by atoms with Gasteiger partial charge in [0, 0.05) is 12.3 Å². The number of rotatable bonds is 4. The molecule has 0 radical (unpaired) electrons. The van der Waals surface area contributed by atoms with Gasteiger partial charge in [0.15, 0.2) is 0 Å². The van der Waals surface area contributed by atoms with Crippen molar-refractivity contribution in [2.75, 3.05) is 24.1 Å². The summed E-state index contributed by atoms with van der Waals surface area (Å²) in [5, 5.41) is 10.4. The van der Waals surface area contributed by atoms with Crippen LogP contribution in [0.4, 0.5) is 10.1 Å². The van der Waals surface area contributed by atoms with Crippen LogP contribution in [0.3, 0.4) is 0 Å². The predicted molar refractivity (Wildman–Crippen MR) is 111 cm³/mol. The first-order chi connectivity index (χ1) is 14.1. The lowest BCUT2D eigenvalue weighted by atomic mass is 9.86. The van der Waals surface area contributed by atoms with E-state index in [-0.39, 0.29) is 18.1 Å². The minimum atomic E-state index is -0.547. The van der Waals surface area contributed by atoms with E-state index in [2.05, 4.69) is 11.0 Å². The third-order valence-corrected chi connectivity index (χ3v) is 6.23. The molecule has 0 unspecified atom stereocenters. The number of fused-ring (bicyclic) bond motifs is 1. The maximum Gasteiger partial charge on any atom is 0.229 e. The fraction of sp³-hybridized carbons (Fsp3) is 0.273. The lowest BCUT2D eigenvalue weighted by Crippen LogP contribution is -2.47. The highest BCUT2D eigenvalue weighted by molar-refractivity contribution is 8.03. The van der Waals surface area contributed by atoms with Gasteiger partial charge < -0.3 is 9.64 Å². The Bertz CT molecular complexity index is 1020. The molecule has 7 heteroatoms. The molecule has 2 aliphatic heterocycles. The van der Waals surface area contributed by atoms with Crippen molar-refractivity contribution in [2.24, 2.45) is 0 Å². The molecule has 29 heavy (non-hydrogen) atoms. The molecule has 1 amide bonds. The van der Waals surface area contributed by atoms with E-state index in [1.165, 1.54) is 17.8 Å². The standard InChI is InChI=1S/C22H20FN3O2S/c1-2-28-20-10-6-5-9-19(20)25-13-26-21(27)11-16(15-7-3-4-8-18(15)23)17(12-24)22(26)29-14-25/h3-10,16H,2,11,13-14H2,1H3/t16-/m1/s1. The van der Waals surface area contributed by atoms with Gasteiger partial charge in [-0.1, -0.05) is 42.1 Å². The zero-order chi connectivity index (χ0) is 20.4. The second kappa shape index (κ2) is 8.18. The monoisotopic (exact) mass is 409 g/mol. The molecule has 0 saturated carbocycles. The fourth-order valence-corrected chi connectivity index (χ4v) is 4.89. The number of hydrogen-bond donors (Lipinski definition) is 0. The van der Waals surface area contributed by atoms with Crippen molar-refractivity contribution in [1.82, 2.24) is 4.90 Å². The first-order valence-corrected chi connectivity index (χ1v) is 10.4. The molecule has 1 fully saturated rings. The number of carbonyl (C=O) groups is 1. The smallest absolute Gasteiger partial charge is 0.229 e. The summed E-state index contributed by atoms with van der Waals surface area (Å²) < 4.78 is 20.1. The number of thioether (sulfide) groups is 1. The molecule has 2 aromatic carbocycles. The summed E-state index contributed by atoms with van der Waals surface area (Å²) in [6.07, 6.45) is 0.0782. The van der Waals surface area contributed by atoms with Gasteiger partial charge in [-0.05, 0) is 30.7 Å². The maximum absolute atomic E-state index is 14.3. The summed E-state index contributed by atoms with van der Waals surface area (Å²) >= 11 is 1.43. The Balaban J connectivity index is 1.68. The molecular weight excluding hydrogens is 389 g/mol. The zero-order valence-electron chi connectivity index (χ0n) is 16.0. The average Bonchev–Trinajstić information content (AvgIpc) is 2.74. The van der Waals surface area contributed by atoms with Crippen LogP contribution in [0.15, 0.2) is 59.1 Å². The Hall–Kier alpha value is -2.98. The van der Waals surface area contributed by atoms with Gasteiger partial charge in [0.25, 0.3) is 0 Å². The van der Waals surface area contributed by atoms with Crippen molar-refractivity contribution in [2.45, 2.75) is 19.3 Å². The van der Waals surface area contributed by atoms with Crippen molar-refractivity contribution < 1.29 is 13.9 Å². The van der Waals surface area contributed by atoms with E-state index in [1.54, 1.807) is 23.1 Å². The van der Waals surface area contributed by atoms with E-state index in [0.717, 1.165) is 11.4 Å². The first-order valence-electron chi connectivity index (χ1n) is 9.42. The molecule has 0 aliphatic carbocycles. The number of anilines is 1. The molecule has 1 saturated heterocycles. The molecule has 148 valence electrons. The third kappa shape index (κ3) is 3.56. The minimum Gasteiger partial charge on any atom is -0.492 e. The fourth-order valence-electron chi connectivity index (χ4n) is 3.73. The van der Waals surface area contributed by atoms with Crippen LogP contribution in [0.1, 0.15) is 24.8 Å². The lowest BCUT2D eigenvalue weighted by molar-refractivity contribution is -0.129. The normalized spacial score (nSPS) is 19.1. The number of nitriles is 1. The van der Waals surface area contributed by atoms with E-state index in [0.29, 0.717) is 35.3 Å². The Morgan fingerprint density at radius 1 is 1.24 bits per heavy atom. The van der Waals surface area contributed by atoms with Crippen molar-refractivity contribution in [3.05, 3.63) is 70.5 Å². The summed E-state index contributed by atoms with van der Waals surface area (Å²) in [7, 11) is 0. The molecule has 2 aromatic rings. The molecule has 0 bridgehead atoms. The van der Waals surface area contributed by atoms with Crippen LogP contribution in [0, 0.1) is 17.1 Å². The van der Waals surface area contributed by atoms with Crippen LogP contribution in [0.5, 0.6) is 5.75 Å². The van der Waals surface area contributed by atoms with Crippen molar-refractivity contribution in [3.8, 4) is 11.8 Å². The quantitative estimate of drug-likeness (QED) is 0.747. The second-order valence-electron chi connectivity index (χ2n) is 6.79. The molecule has 0 aromatic heterocycles. The maximum atomic E-state index is 14.3. The zero-order valence-corrected chi connectivity index (χ0v) is 16.8. The molecule has 0 spiro atoms. The number of amides is 1. The summed E-state index contributed by atoms with van der Waals surface area (Å²) in [6.45, 7) is 2.81. The number of ether oxygens (including phenoxy) is 1. The van der Waals surface area contributed by atoms with E-state index < -0.39 is 5.92 Å². The Labute approximate surface area is 173 Å². The molecule has 1 atom stereocenters. The number of hydrogen-bond acceptors (Lipinski definition) is 5. The van der Waals surface area contributed by atoms with E-state index in [1.807, 2.05) is 31.2 Å². The van der Waals surface area contributed by atoms with Gasteiger partial charge in [0.05, 0.1) is 41.5 Å². The number of halogens is 1. The molecule has 5 nitrogen and oxygen atoms in total. The summed E-state index contributed by atoms with van der Waals surface area (Å²) in [5.41, 5.74) is 1.76. The van der Waals surface area contributed by atoms with Gasteiger partial charge in [-0.2, -0.15) is 5.26 Å². The first kappa shape index (κ1) is 19.3. The van der Waals surface area contributed by atoms with Crippen molar-refractivity contribution >= 4 is 23.4 Å². The van der Waals surface area contributed by atoms with Gasteiger partial charge in [-0.25, -0.2) is 4.39 Å². The van der Waals surface area contributed by atoms with Crippen molar-refractivity contribution in [3.63, 3.8) is 0 Å². The van der Waals surface area contributed by atoms with Crippen LogP contribution in [-0.2, 0) is 4.79 Å². The van der Waals surface area contributed by atoms with Gasteiger partial charge in [-0.3, -0.25) is 9.69 Å². The van der Waals surface area contributed by atoms with Crippen LogP contribution < -0.4 is 9.64 Å². The SMILES string of the molecule is CCOc1ccccc1N1CSC2=C(C#N)[C@@H](c3ccccc3F)CC(=O)N2C1. The third-order valence-electron chi connectivity index (χ3n) is 5.08. The van der Waals surface area contributed by atoms with E-state index >= 15 is 0 Å². The average molecular weight is 409 g/mol. The number of carbonyl (C=O) groups excluding carboxylic acids is 1. The summed E-state index contributed by atoms with van der Waals surface area (Å²) in [4.78, 5) is 16.6.